The number of thiocarbonyl (C=S) groups is 1. The van der Waals surface area contributed by atoms with Crippen LogP contribution in [0.4, 0.5) is 10.1 Å². The molecule has 1 saturated heterocycles. The van der Waals surface area contributed by atoms with E-state index in [2.05, 4.69) is 71.7 Å². The monoisotopic (exact) mass is 470 g/mol. The largest absolute Gasteiger partial charge is 0.351 e. The fraction of sp³-hybridized carbons (Fsp3) is 0.214. The minimum Gasteiger partial charge on any atom is -0.351 e. The van der Waals surface area contributed by atoms with Crippen molar-refractivity contribution < 1.29 is 4.39 Å². The van der Waals surface area contributed by atoms with E-state index < -0.39 is 0 Å². The lowest BCUT2D eigenvalue weighted by atomic mass is 9.96. The molecule has 0 spiro atoms. The fourth-order valence-electron chi connectivity index (χ4n) is 4.92. The normalized spacial score (nSPS) is 17.8. The molecule has 0 aliphatic carbocycles. The summed E-state index contributed by atoms with van der Waals surface area (Å²) in [6.07, 6.45) is 1.81. The van der Waals surface area contributed by atoms with E-state index in [9.17, 15) is 4.39 Å². The van der Waals surface area contributed by atoms with Crippen LogP contribution in [-0.2, 0) is 0 Å². The molecule has 5 rings (SSSR count). The molecule has 0 radical (unpaired) electrons. The van der Waals surface area contributed by atoms with E-state index in [-0.39, 0.29) is 17.9 Å². The van der Waals surface area contributed by atoms with Crippen LogP contribution in [0.25, 0.3) is 5.69 Å². The zero-order valence-corrected chi connectivity index (χ0v) is 20.5. The molecule has 1 aliphatic rings. The topological polar surface area (TPSA) is 33.1 Å². The Hall–Kier alpha value is -3.51. The molecule has 0 saturated carbocycles. The van der Waals surface area contributed by atoms with Gasteiger partial charge in [0.1, 0.15) is 5.82 Å². The lowest BCUT2D eigenvalue weighted by molar-refractivity contribution is 0.565. The first kappa shape index (κ1) is 22.3. The van der Waals surface area contributed by atoms with Crippen LogP contribution in [0.2, 0.25) is 0 Å². The summed E-state index contributed by atoms with van der Waals surface area (Å²) in [5, 5.41) is 4.20. The molecule has 2 unspecified atom stereocenters. The number of nitrogens with one attached hydrogen (secondary N) is 1. The number of hydrogen-bond acceptors (Lipinski definition) is 2. The molecular formula is C28H27FN4S. The van der Waals surface area contributed by atoms with Crippen molar-refractivity contribution in [1.82, 2.24) is 14.9 Å². The minimum atomic E-state index is -0.251. The zero-order chi connectivity index (χ0) is 24.0. The van der Waals surface area contributed by atoms with Crippen molar-refractivity contribution in [3.63, 3.8) is 0 Å². The van der Waals surface area contributed by atoms with E-state index in [1.807, 2.05) is 30.5 Å². The second-order valence-corrected chi connectivity index (χ2v) is 9.29. The molecule has 2 aromatic heterocycles. The van der Waals surface area contributed by atoms with Crippen molar-refractivity contribution >= 4 is 23.0 Å². The van der Waals surface area contributed by atoms with E-state index in [1.54, 1.807) is 12.1 Å². The predicted molar refractivity (Wildman–Crippen MR) is 139 cm³/mol. The number of aryl methyl sites for hydroxylation is 3. The van der Waals surface area contributed by atoms with Crippen molar-refractivity contribution in [1.29, 1.82) is 0 Å². The molecule has 4 aromatic rings. The number of hydrogen-bond donors (Lipinski definition) is 1. The molecule has 172 valence electrons. The molecule has 34 heavy (non-hydrogen) atoms. The summed E-state index contributed by atoms with van der Waals surface area (Å²) in [6, 6.07) is 21.0. The lowest BCUT2D eigenvalue weighted by Gasteiger charge is -2.28. The van der Waals surface area contributed by atoms with Gasteiger partial charge in [0.15, 0.2) is 5.11 Å². The van der Waals surface area contributed by atoms with Crippen molar-refractivity contribution in [3.8, 4) is 5.69 Å². The van der Waals surface area contributed by atoms with Crippen LogP contribution in [0.3, 0.4) is 0 Å². The maximum absolute atomic E-state index is 14.1. The Morgan fingerprint density at radius 1 is 0.882 bits per heavy atom. The van der Waals surface area contributed by atoms with Gasteiger partial charge >= 0.3 is 0 Å². The SMILES string of the molecule is Cc1ccc(N2C(=S)NC(c3ccccn3)C2c2cc(C)n(-c3cccc(F)c3)c2C)cc1C. The first-order valence-corrected chi connectivity index (χ1v) is 11.8. The maximum Gasteiger partial charge on any atom is 0.174 e. The Labute approximate surface area is 205 Å². The van der Waals surface area contributed by atoms with Crippen LogP contribution in [0.15, 0.2) is 72.9 Å². The molecule has 2 atom stereocenters. The molecule has 2 aromatic carbocycles. The van der Waals surface area contributed by atoms with Crippen molar-refractivity contribution in [2.45, 2.75) is 39.8 Å². The molecule has 0 amide bonds. The van der Waals surface area contributed by atoms with E-state index in [0.717, 1.165) is 34.0 Å². The number of pyridine rings is 1. The second kappa shape index (κ2) is 8.69. The first-order valence-electron chi connectivity index (χ1n) is 11.4. The first-order chi connectivity index (χ1) is 16.3. The quantitative estimate of drug-likeness (QED) is 0.349. The van der Waals surface area contributed by atoms with Crippen LogP contribution >= 0.6 is 12.2 Å². The van der Waals surface area contributed by atoms with Gasteiger partial charge < -0.3 is 14.8 Å². The summed E-state index contributed by atoms with van der Waals surface area (Å²) in [5.41, 5.74) is 8.45. The van der Waals surface area contributed by atoms with Crippen molar-refractivity contribution in [2.24, 2.45) is 0 Å². The van der Waals surface area contributed by atoms with Crippen molar-refractivity contribution in [3.05, 3.63) is 113 Å². The van der Waals surface area contributed by atoms with Gasteiger partial charge in [0.25, 0.3) is 0 Å². The highest BCUT2D eigenvalue weighted by molar-refractivity contribution is 7.80. The third-order valence-corrected chi connectivity index (χ3v) is 7.04. The van der Waals surface area contributed by atoms with Crippen molar-refractivity contribution in [2.75, 3.05) is 4.90 Å². The third kappa shape index (κ3) is 3.78. The Morgan fingerprint density at radius 2 is 1.71 bits per heavy atom. The number of rotatable bonds is 4. The summed E-state index contributed by atoms with van der Waals surface area (Å²) in [6.45, 7) is 8.37. The van der Waals surface area contributed by atoms with Crippen LogP contribution in [-0.4, -0.2) is 14.7 Å². The minimum absolute atomic E-state index is 0.113. The number of benzene rings is 2. The summed E-state index contributed by atoms with van der Waals surface area (Å²) in [4.78, 5) is 6.85. The van der Waals surface area contributed by atoms with Crippen LogP contribution in [0.1, 0.15) is 45.9 Å². The molecule has 1 N–H and O–H groups in total. The Kier molecular flexibility index (Phi) is 5.70. The van der Waals surface area contributed by atoms with Gasteiger partial charge in [0.05, 0.1) is 17.8 Å². The van der Waals surface area contributed by atoms with Gasteiger partial charge in [-0.05, 0) is 105 Å². The number of anilines is 1. The summed E-state index contributed by atoms with van der Waals surface area (Å²) in [7, 11) is 0. The number of aromatic nitrogens is 2. The number of halogens is 1. The maximum atomic E-state index is 14.1. The molecule has 6 heteroatoms. The highest BCUT2D eigenvalue weighted by Gasteiger charge is 2.42. The highest BCUT2D eigenvalue weighted by atomic mass is 32.1. The summed E-state index contributed by atoms with van der Waals surface area (Å²) in [5.74, 6) is -0.251. The zero-order valence-electron chi connectivity index (χ0n) is 19.7. The van der Waals surface area contributed by atoms with Gasteiger partial charge in [-0.3, -0.25) is 4.98 Å². The van der Waals surface area contributed by atoms with E-state index in [1.165, 1.54) is 17.2 Å². The van der Waals surface area contributed by atoms with E-state index in [0.29, 0.717) is 5.11 Å². The Bertz CT molecular complexity index is 1380. The summed E-state index contributed by atoms with van der Waals surface area (Å²) >= 11 is 5.88. The average molecular weight is 471 g/mol. The van der Waals surface area contributed by atoms with E-state index >= 15 is 0 Å². The highest BCUT2D eigenvalue weighted by Crippen LogP contribution is 2.44. The fourth-order valence-corrected chi connectivity index (χ4v) is 5.27. The smallest absolute Gasteiger partial charge is 0.174 e. The molecule has 4 nitrogen and oxygen atoms in total. The van der Waals surface area contributed by atoms with E-state index in [4.69, 9.17) is 12.2 Å². The van der Waals surface area contributed by atoms with Gasteiger partial charge in [0.2, 0.25) is 0 Å². The standard InChI is InChI=1S/C28H27FN4S/c1-17-11-12-23(14-18(17)2)33-27(26(31-28(33)34)25-10-5-6-13-30-25)24-15-19(3)32(20(24)4)22-9-7-8-21(29)16-22/h5-16,26-27H,1-4H3,(H,31,34). The predicted octanol–water partition coefficient (Wildman–Crippen LogP) is 6.42. The molecule has 1 fully saturated rings. The van der Waals surface area contributed by atoms with Gasteiger partial charge in [0, 0.05) is 29.0 Å². The average Bonchev–Trinajstić information content (AvgIpc) is 3.31. The summed E-state index contributed by atoms with van der Waals surface area (Å²) < 4.78 is 16.2. The third-order valence-electron chi connectivity index (χ3n) is 6.72. The molecule has 0 bridgehead atoms. The van der Waals surface area contributed by atoms with Crippen LogP contribution in [0.5, 0.6) is 0 Å². The molecular weight excluding hydrogens is 443 g/mol. The van der Waals surface area contributed by atoms with Gasteiger partial charge in [-0.2, -0.15) is 0 Å². The van der Waals surface area contributed by atoms with Gasteiger partial charge in [-0.1, -0.05) is 18.2 Å². The van der Waals surface area contributed by atoms with Crippen LogP contribution in [0, 0.1) is 33.5 Å². The Balaban J connectivity index is 1.69. The molecule has 3 heterocycles. The number of nitrogens with zero attached hydrogens (tertiary/aromatic N) is 3. The van der Waals surface area contributed by atoms with Gasteiger partial charge in [-0.25, -0.2) is 4.39 Å². The van der Waals surface area contributed by atoms with Gasteiger partial charge in [-0.15, -0.1) is 0 Å². The van der Waals surface area contributed by atoms with Crippen LogP contribution < -0.4 is 10.2 Å². The Morgan fingerprint density at radius 3 is 2.41 bits per heavy atom. The molecule has 1 aliphatic heterocycles. The second-order valence-electron chi connectivity index (χ2n) is 8.91. The lowest BCUT2D eigenvalue weighted by Crippen LogP contribution is -2.29.